The Morgan fingerprint density at radius 2 is 1.76 bits per heavy atom. The molecular weight excluding hydrogens is 292 g/mol. The Morgan fingerprint density at radius 3 is 2.19 bits per heavy atom. The SMILES string of the molecule is CCOC(=O)C1CCC(NC(=O)[C@@H](N)C(C)(C)C)CC1.Cl. The molecule has 0 bridgehead atoms. The fraction of sp³-hybridized carbons (Fsp3) is 0.867. The summed E-state index contributed by atoms with van der Waals surface area (Å²) < 4.78 is 5.03. The number of hydrogen-bond donors (Lipinski definition) is 2. The van der Waals surface area contributed by atoms with Crippen molar-refractivity contribution in [3.63, 3.8) is 0 Å². The zero-order valence-electron chi connectivity index (χ0n) is 13.5. The topological polar surface area (TPSA) is 81.4 Å². The summed E-state index contributed by atoms with van der Waals surface area (Å²) in [6, 6.07) is -0.383. The van der Waals surface area contributed by atoms with E-state index in [0.717, 1.165) is 25.7 Å². The summed E-state index contributed by atoms with van der Waals surface area (Å²) in [4.78, 5) is 23.7. The Balaban J connectivity index is 0.00000400. The van der Waals surface area contributed by atoms with E-state index < -0.39 is 6.04 Å². The first kappa shape index (κ1) is 20.2. The molecule has 0 radical (unpaired) electrons. The number of nitrogens with one attached hydrogen (secondary N) is 1. The van der Waals surface area contributed by atoms with Crippen LogP contribution in [-0.2, 0) is 14.3 Å². The Morgan fingerprint density at radius 1 is 1.24 bits per heavy atom. The van der Waals surface area contributed by atoms with Crippen molar-refractivity contribution in [1.29, 1.82) is 0 Å². The lowest BCUT2D eigenvalue weighted by molar-refractivity contribution is -0.149. The van der Waals surface area contributed by atoms with Crippen LogP contribution in [0.15, 0.2) is 0 Å². The van der Waals surface area contributed by atoms with E-state index >= 15 is 0 Å². The van der Waals surface area contributed by atoms with Gasteiger partial charge >= 0.3 is 5.97 Å². The first-order chi connectivity index (χ1) is 9.25. The first-order valence-electron chi connectivity index (χ1n) is 7.48. The van der Waals surface area contributed by atoms with E-state index in [1.165, 1.54) is 0 Å². The number of nitrogens with two attached hydrogens (primary N) is 1. The highest BCUT2D eigenvalue weighted by Crippen LogP contribution is 2.26. The van der Waals surface area contributed by atoms with E-state index in [0.29, 0.717) is 6.61 Å². The lowest BCUT2D eigenvalue weighted by Crippen LogP contribution is -2.52. The minimum atomic E-state index is -0.509. The van der Waals surface area contributed by atoms with Crippen molar-refractivity contribution in [3.8, 4) is 0 Å². The van der Waals surface area contributed by atoms with Gasteiger partial charge in [-0.05, 0) is 38.0 Å². The molecule has 0 spiro atoms. The summed E-state index contributed by atoms with van der Waals surface area (Å²) in [6.07, 6.45) is 3.17. The van der Waals surface area contributed by atoms with Crippen molar-refractivity contribution in [2.45, 2.75) is 65.5 Å². The van der Waals surface area contributed by atoms with Gasteiger partial charge in [0.2, 0.25) is 5.91 Å². The van der Waals surface area contributed by atoms with Gasteiger partial charge in [-0.15, -0.1) is 12.4 Å². The number of carbonyl (C=O) groups is 2. The zero-order chi connectivity index (χ0) is 15.3. The van der Waals surface area contributed by atoms with Gasteiger partial charge in [0.15, 0.2) is 0 Å². The number of ether oxygens (including phenoxy) is 1. The summed E-state index contributed by atoms with van der Waals surface area (Å²) in [5.41, 5.74) is 5.70. The molecule has 1 saturated carbocycles. The first-order valence-corrected chi connectivity index (χ1v) is 7.48. The highest BCUT2D eigenvalue weighted by atomic mass is 35.5. The van der Waals surface area contributed by atoms with Gasteiger partial charge in [0.05, 0.1) is 18.6 Å². The van der Waals surface area contributed by atoms with Crippen LogP contribution in [0.5, 0.6) is 0 Å². The quantitative estimate of drug-likeness (QED) is 0.776. The van der Waals surface area contributed by atoms with Crippen LogP contribution in [0, 0.1) is 11.3 Å². The Bertz CT molecular complexity index is 347. The van der Waals surface area contributed by atoms with Gasteiger partial charge in [0.25, 0.3) is 0 Å². The minimum Gasteiger partial charge on any atom is -0.466 e. The van der Waals surface area contributed by atoms with E-state index in [2.05, 4.69) is 5.32 Å². The Hall–Kier alpha value is -0.810. The third-order valence-corrected chi connectivity index (χ3v) is 3.91. The molecule has 6 heteroatoms. The van der Waals surface area contributed by atoms with E-state index in [4.69, 9.17) is 10.5 Å². The van der Waals surface area contributed by atoms with Crippen molar-refractivity contribution in [3.05, 3.63) is 0 Å². The predicted molar refractivity (Wildman–Crippen MR) is 85.2 cm³/mol. The second kappa shape index (κ2) is 8.59. The van der Waals surface area contributed by atoms with Crippen LogP contribution < -0.4 is 11.1 Å². The summed E-state index contributed by atoms with van der Waals surface area (Å²) in [5.74, 6) is -0.222. The van der Waals surface area contributed by atoms with Crippen molar-refractivity contribution >= 4 is 24.3 Å². The Kier molecular flexibility index (Phi) is 8.26. The molecule has 5 nitrogen and oxygen atoms in total. The standard InChI is InChI=1S/C15H28N2O3.ClH/c1-5-20-14(19)10-6-8-11(9-7-10)17-13(18)12(16)15(2,3)4;/h10-12H,5-9,16H2,1-4H3,(H,17,18);1H/t10?,11?,12-;/m1./s1. The van der Waals surface area contributed by atoms with Crippen molar-refractivity contribution in [2.24, 2.45) is 17.1 Å². The molecule has 1 fully saturated rings. The maximum atomic E-state index is 12.0. The molecule has 1 aliphatic rings. The number of rotatable bonds is 4. The van der Waals surface area contributed by atoms with Gasteiger partial charge in [-0.1, -0.05) is 20.8 Å². The van der Waals surface area contributed by atoms with Crippen molar-refractivity contribution in [1.82, 2.24) is 5.32 Å². The van der Waals surface area contributed by atoms with Crippen LogP contribution in [0.3, 0.4) is 0 Å². The molecule has 1 rings (SSSR count). The molecule has 21 heavy (non-hydrogen) atoms. The maximum Gasteiger partial charge on any atom is 0.308 e. The third kappa shape index (κ3) is 6.22. The number of carbonyl (C=O) groups excluding carboxylic acids is 2. The third-order valence-electron chi connectivity index (χ3n) is 3.91. The molecule has 0 aliphatic heterocycles. The van der Waals surface area contributed by atoms with Gasteiger partial charge in [-0.25, -0.2) is 0 Å². The van der Waals surface area contributed by atoms with E-state index in [1.54, 1.807) is 0 Å². The van der Waals surface area contributed by atoms with Crippen LogP contribution in [0.2, 0.25) is 0 Å². The molecule has 0 unspecified atom stereocenters. The number of halogens is 1. The van der Waals surface area contributed by atoms with Crippen LogP contribution in [0.1, 0.15) is 53.4 Å². The molecule has 0 aromatic heterocycles. The molecule has 1 amide bonds. The van der Waals surface area contributed by atoms with Crippen molar-refractivity contribution < 1.29 is 14.3 Å². The van der Waals surface area contributed by atoms with Crippen LogP contribution in [-0.4, -0.2) is 30.6 Å². The largest absolute Gasteiger partial charge is 0.466 e. The number of amides is 1. The molecule has 0 aromatic carbocycles. The minimum absolute atomic E-state index is 0. The lowest BCUT2D eigenvalue weighted by Gasteiger charge is -2.31. The number of esters is 1. The molecule has 1 atom stereocenters. The molecule has 1 aliphatic carbocycles. The lowest BCUT2D eigenvalue weighted by atomic mass is 9.84. The second-order valence-electron chi connectivity index (χ2n) is 6.65. The summed E-state index contributed by atoms with van der Waals surface area (Å²) >= 11 is 0. The Labute approximate surface area is 133 Å². The van der Waals surface area contributed by atoms with Gasteiger partial charge in [-0.3, -0.25) is 9.59 Å². The number of hydrogen-bond acceptors (Lipinski definition) is 4. The molecular formula is C15H29ClN2O3. The van der Waals surface area contributed by atoms with Crippen LogP contribution in [0.4, 0.5) is 0 Å². The molecule has 0 heterocycles. The van der Waals surface area contributed by atoms with E-state index in [1.807, 2.05) is 27.7 Å². The van der Waals surface area contributed by atoms with Gasteiger partial charge in [-0.2, -0.15) is 0 Å². The van der Waals surface area contributed by atoms with Gasteiger partial charge < -0.3 is 15.8 Å². The second-order valence-corrected chi connectivity index (χ2v) is 6.65. The monoisotopic (exact) mass is 320 g/mol. The summed E-state index contributed by atoms with van der Waals surface area (Å²) in [6.45, 7) is 8.10. The fourth-order valence-electron chi connectivity index (χ4n) is 2.42. The van der Waals surface area contributed by atoms with Gasteiger partial charge in [0.1, 0.15) is 0 Å². The van der Waals surface area contributed by atoms with Crippen molar-refractivity contribution in [2.75, 3.05) is 6.61 Å². The normalized spacial score (nSPS) is 23.7. The highest BCUT2D eigenvalue weighted by Gasteiger charge is 2.31. The average Bonchev–Trinajstić information content (AvgIpc) is 2.37. The molecule has 124 valence electrons. The van der Waals surface area contributed by atoms with E-state index in [9.17, 15) is 9.59 Å². The molecule has 0 saturated heterocycles. The van der Waals surface area contributed by atoms with E-state index in [-0.39, 0.29) is 41.7 Å². The predicted octanol–water partition coefficient (Wildman–Crippen LogP) is 2.02. The van der Waals surface area contributed by atoms with Crippen LogP contribution in [0.25, 0.3) is 0 Å². The van der Waals surface area contributed by atoms with Gasteiger partial charge in [0, 0.05) is 6.04 Å². The highest BCUT2D eigenvalue weighted by molar-refractivity contribution is 5.85. The molecule has 0 aromatic rings. The van der Waals surface area contributed by atoms with Crippen LogP contribution >= 0.6 is 12.4 Å². The summed E-state index contributed by atoms with van der Waals surface area (Å²) in [5, 5.41) is 3.00. The molecule has 3 N–H and O–H groups in total. The smallest absolute Gasteiger partial charge is 0.308 e. The fourth-order valence-corrected chi connectivity index (χ4v) is 2.42. The summed E-state index contributed by atoms with van der Waals surface area (Å²) in [7, 11) is 0. The maximum absolute atomic E-state index is 12.0. The average molecular weight is 321 g/mol. The zero-order valence-corrected chi connectivity index (χ0v) is 14.3.